The van der Waals surface area contributed by atoms with Gasteiger partial charge in [0.2, 0.25) is 10.9 Å². The third-order valence-corrected chi connectivity index (χ3v) is 12.9. The van der Waals surface area contributed by atoms with E-state index in [0.29, 0.717) is 31.4 Å². The minimum atomic E-state index is -1.22. The van der Waals surface area contributed by atoms with Crippen LogP contribution in [-0.4, -0.2) is 92.6 Å². The molecule has 4 fully saturated rings. The lowest BCUT2D eigenvalue weighted by Gasteiger charge is -2.28. The summed E-state index contributed by atoms with van der Waals surface area (Å²) in [6.45, 7) is 15.4. The predicted octanol–water partition coefficient (Wildman–Crippen LogP) is 10.4. The summed E-state index contributed by atoms with van der Waals surface area (Å²) in [4.78, 5) is 79.4. The number of aromatic nitrogens is 2. The van der Waals surface area contributed by atoms with Crippen LogP contribution in [0.25, 0.3) is 21.8 Å². The zero-order valence-electron chi connectivity index (χ0n) is 42.3. The van der Waals surface area contributed by atoms with E-state index < -0.39 is 63.4 Å². The molecule has 14 nitrogen and oxygen atoms in total. The molecule has 2 amide bonds. The Labute approximate surface area is 415 Å². The maximum absolute atomic E-state index is 15.1. The number of halogens is 4. The molecule has 2 saturated carbocycles. The molecular weight excluding hydrogens is 941 g/mol. The van der Waals surface area contributed by atoms with Gasteiger partial charge in [-0.15, -0.1) is 0 Å². The van der Waals surface area contributed by atoms with E-state index in [1.54, 1.807) is 53.6 Å². The Kier molecular flexibility index (Phi) is 16.1. The van der Waals surface area contributed by atoms with Crippen LogP contribution in [0.5, 0.6) is 0 Å². The normalized spacial score (nSPS) is 17.8. The van der Waals surface area contributed by atoms with E-state index in [4.69, 9.17) is 18.9 Å². The van der Waals surface area contributed by atoms with Gasteiger partial charge in [-0.1, -0.05) is 11.8 Å². The van der Waals surface area contributed by atoms with Crippen molar-refractivity contribution >= 4 is 45.9 Å². The van der Waals surface area contributed by atoms with Gasteiger partial charge < -0.3 is 37.9 Å². The van der Waals surface area contributed by atoms with E-state index in [0.717, 1.165) is 63.5 Å². The molecule has 0 N–H and O–H groups in total. The lowest BCUT2D eigenvalue weighted by atomic mass is 9.98. The summed E-state index contributed by atoms with van der Waals surface area (Å²) in [6.07, 6.45) is 9.95. The van der Waals surface area contributed by atoms with Crippen LogP contribution in [0.1, 0.15) is 170 Å². The number of rotatable bonds is 11. The molecule has 18 heteroatoms. The molecule has 4 heterocycles. The van der Waals surface area contributed by atoms with Crippen LogP contribution in [0.3, 0.4) is 0 Å². The molecule has 0 radical (unpaired) electrons. The lowest BCUT2D eigenvalue weighted by molar-refractivity contribution is 0.0212. The van der Waals surface area contributed by atoms with Crippen LogP contribution in [0, 0.1) is 35.1 Å². The van der Waals surface area contributed by atoms with Crippen molar-refractivity contribution in [1.29, 1.82) is 0 Å². The van der Waals surface area contributed by atoms with Crippen molar-refractivity contribution in [2.45, 2.75) is 168 Å². The fourth-order valence-corrected chi connectivity index (χ4v) is 9.42. The zero-order valence-corrected chi connectivity index (χ0v) is 42.3. The lowest BCUT2D eigenvalue weighted by Crippen LogP contribution is -2.39. The average Bonchev–Trinajstić information content (AvgIpc) is 4.23. The van der Waals surface area contributed by atoms with Gasteiger partial charge in [-0.05, 0) is 138 Å². The standard InChI is InChI=1S/C27H34F2N2O5.C27H30F2N2O5/c2*1-5-35-25(33)20-15-31(17-11-12-17)23-18(22(29)21(28)14-19(23)24(20)32)10-6-8-16-9-7-13-30(16)26(34)36-27(2,3)4/h14-17H,5-13H2,1-4H3;14-17H,5,7-9,11-13H2,1-4H3/t2*16-/m11/s1. The third-order valence-electron chi connectivity index (χ3n) is 12.9. The van der Waals surface area contributed by atoms with Crippen LogP contribution in [-0.2, 0) is 25.4 Å². The third kappa shape index (κ3) is 12.1. The van der Waals surface area contributed by atoms with Crippen molar-refractivity contribution in [2.75, 3.05) is 26.3 Å². The van der Waals surface area contributed by atoms with Gasteiger partial charge in [-0.2, -0.15) is 0 Å². The van der Waals surface area contributed by atoms with Crippen molar-refractivity contribution in [3.05, 3.63) is 90.5 Å². The van der Waals surface area contributed by atoms with E-state index in [-0.39, 0.29) is 94.9 Å². The smallest absolute Gasteiger partial charge is 0.410 e. The van der Waals surface area contributed by atoms with Gasteiger partial charge in [0, 0.05) is 67.0 Å². The first kappa shape index (κ1) is 53.4. The molecule has 8 rings (SSSR count). The number of benzene rings is 2. The molecule has 4 aromatic rings. The Bertz CT molecular complexity index is 2950. The number of amides is 2. The molecule has 4 aliphatic rings. The number of carbonyl (C=O) groups excluding carboxylic acids is 4. The zero-order chi connectivity index (χ0) is 52.4. The number of fused-ring (bicyclic) bond motifs is 2. The molecule has 2 aliphatic carbocycles. The van der Waals surface area contributed by atoms with Crippen molar-refractivity contribution in [3.8, 4) is 11.8 Å². The maximum atomic E-state index is 15.1. The first-order valence-corrected chi connectivity index (χ1v) is 25.0. The van der Waals surface area contributed by atoms with Gasteiger partial charge >= 0.3 is 24.1 Å². The number of likely N-dealkylation sites (tertiary alicyclic amines) is 2. The number of carbonyl (C=O) groups is 4. The minimum Gasteiger partial charge on any atom is -0.462 e. The molecule has 2 aromatic heterocycles. The second kappa shape index (κ2) is 21.8. The monoisotopic (exact) mass is 1000 g/mol. The summed E-state index contributed by atoms with van der Waals surface area (Å²) in [7, 11) is 0. The molecule has 2 saturated heterocycles. The molecular formula is C54H64F4N4O10. The molecule has 388 valence electrons. The van der Waals surface area contributed by atoms with Gasteiger partial charge in [0.1, 0.15) is 22.3 Å². The van der Waals surface area contributed by atoms with E-state index >= 15 is 8.78 Å². The summed E-state index contributed by atoms with van der Waals surface area (Å²) in [6, 6.07) is 1.42. The number of aryl methyl sites for hydroxylation is 1. The van der Waals surface area contributed by atoms with Crippen LogP contribution in [0.15, 0.2) is 34.1 Å². The summed E-state index contributed by atoms with van der Waals surface area (Å²) < 4.78 is 83.8. The van der Waals surface area contributed by atoms with Crippen molar-refractivity contribution < 1.29 is 55.7 Å². The van der Waals surface area contributed by atoms with Crippen LogP contribution < -0.4 is 10.9 Å². The first-order chi connectivity index (χ1) is 34.0. The summed E-state index contributed by atoms with van der Waals surface area (Å²) in [5, 5.41) is -0.135. The summed E-state index contributed by atoms with van der Waals surface area (Å²) >= 11 is 0. The quantitative estimate of drug-likeness (QED) is 0.0613. The number of hydrogen-bond donors (Lipinski definition) is 0. The molecule has 2 atom stereocenters. The van der Waals surface area contributed by atoms with E-state index in [1.807, 2.05) is 20.8 Å². The molecule has 0 bridgehead atoms. The fraction of sp³-hybridized carbons (Fsp3) is 0.556. The highest BCUT2D eigenvalue weighted by Gasteiger charge is 2.35. The predicted molar refractivity (Wildman–Crippen MR) is 261 cm³/mol. The van der Waals surface area contributed by atoms with Crippen molar-refractivity contribution in [2.24, 2.45) is 0 Å². The number of hydrogen-bond acceptors (Lipinski definition) is 10. The van der Waals surface area contributed by atoms with E-state index in [9.17, 15) is 37.5 Å². The molecule has 2 aromatic carbocycles. The largest absolute Gasteiger partial charge is 0.462 e. The number of pyridine rings is 2. The SMILES string of the molecule is CCOC(=O)c1cn(C2CC2)c2c(C#CC[C@@H]3CCCN3C(=O)OC(C)(C)C)c(F)c(F)cc2c1=O.CCOC(=O)c1cn(C2CC2)c2c(CCC[C@@H]3CCCN3C(=O)OC(C)(C)C)c(F)c(F)cc2c1=O. The van der Waals surface area contributed by atoms with Gasteiger partial charge in [0.15, 0.2) is 23.3 Å². The second-order valence-electron chi connectivity index (χ2n) is 20.8. The summed E-state index contributed by atoms with van der Waals surface area (Å²) in [5.74, 6) is -0.399. The fourth-order valence-electron chi connectivity index (χ4n) is 9.42. The Morgan fingerprint density at radius 2 is 1.11 bits per heavy atom. The van der Waals surface area contributed by atoms with Gasteiger partial charge in [-0.25, -0.2) is 36.7 Å². The molecule has 2 aliphatic heterocycles. The average molecular weight is 1010 g/mol. The second-order valence-corrected chi connectivity index (χ2v) is 20.8. The Hall–Kier alpha value is -6.38. The molecule has 72 heavy (non-hydrogen) atoms. The van der Waals surface area contributed by atoms with Crippen LogP contribution in [0.2, 0.25) is 0 Å². The maximum Gasteiger partial charge on any atom is 0.410 e. The van der Waals surface area contributed by atoms with E-state index in [1.165, 1.54) is 12.4 Å². The van der Waals surface area contributed by atoms with Crippen LogP contribution >= 0.6 is 0 Å². The van der Waals surface area contributed by atoms with Crippen molar-refractivity contribution in [1.82, 2.24) is 18.9 Å². The minimum absolute atomic E-state index is 0.0161. The highest BCUT2D eigenvalue weighted by atomic mass is 19.2. The molecule has 0 spiro atoms. The van der Waals surface area contributed by atoms with Gasteiger partial charge in [0.05, 0.1) is 35.2 Å². The van der Waals surface area contributed by atoms with Gasteiger partial charge in [0.25, 0.3) is 0 Å². The number of ether oxygens (including phenoxy) is 4. The summed E-state index contributed by atoms with van der Waals surface area (Å²) in [5.41, 5.74) is -2.61. The Morgan fingerprint density at radius 3 is 1.60 bits per heavy atom. The van der Waals surface area contributed by atoms with E-state index in [2.05, 4.69) is 11.8 Å². The number of nitrogens with zero attached hydrogens (tertiary/aromatic N) is 4. The van der Waals surface area contributed by atoms with Crippen LogP contribution in [0.4, 0.5) is 27.2 Å². The van der Waals surface area contributed by atoms with Gasteiger partial charge in [-0.3, -0.25) is 9.59 Å². The number of esters is 2. The highest BCUT2D eigenvalue weighted by molar-refractivity contribution is 5.96. The molecule has 0 unspecified atom stereocenters. The first-order valence-electron chi connectivity index (χ1n) is 25.0. The topological polar surface area (TPSA) is 156 Å². The Balaban J connectivity index is 0.000000211. The Morgan fingerprint density at radius 1 is 0.653 bits per heavy atom. The highest BCUT2D eigenvalue weighted by Crippen LogP contribution is 2.40. The van der Waals surface area contributed by atoms with Crippen molar-refractivity contribution in [3.63, 3.8) is 0 Å².